The fourth-order valence-corrected chi connectivity index (χ4v) is 0.708. The molecule has 0 saturated heterocycles. The Morgan fingerprint density at radius 1 is 1.23 bits per heavy atom. The molecule has 0 saturated carbocycles. The van der Waals surface area contributed by atoms with Crippen LogP contribution in [0.15, 0.2) is 24.4 Å². The maximum atomic E-state index is 11.7. The quantitative estimate of drug-likeness (QED) is 0.664. The number of hydrogen-bond acceptors (Lipinski definition) is 1. The highest BCUT2D eigenvalue weighted by Crippen LogP contribution is 2.19. The van der Waals surface area contributed by atoms with Gasteiger partial charge in [0.05, 0.1) is 6.42 Å². The molecule has 0 aliphatic rings. The monoisotopic (exact) mass is 191 g/mol. The van der Waals surface area contributed by atoms with Crippen molar-refractivity contribution in [2.45, 2.75) is 26.4 Å². The first-order valence-corrected chi connectivity index (χ1v) is 4.04. The summed E-state index contributed by atoms with van der Waals surface area (Å²) in [7, 11) is 0. The van der Waals surface area contributed by atoms with Gasteiger partial charge in [0.15, 0.2) is 0 Å². The van der Waals surface area contributed by atoms with Gasteiger partial charge in [0.25, 0.3) is 0 Å². The molecule has 74 valence electrons. The predicted molar refractivity (Wildman–Crippen MR) is 45.3 cm³/mol. The highest BCUT2D eigenvalue weighted by atomic mass is 19.4. The average Bonchev–Trinajstić information content (AvgIpc) is 2.07. The predicted octanol–water partition coefficient (Wildman–Crippen LogP) is 3.21. The van der Waals surface area contributed by atoms with E-state index in [2.05, 4.69) is 4.98 Å². The van der Waals surface area contributed by atoms with Crippen molar-refractivity contribution < 1.29 is 13.2 Å². The Bertz CT molecular complexity index is 218. The van der Waals surface area contributed by atoms with E-state index in [4.69, 9.17) is 0 Å². The molecule has 0 bridgehead atoms. The van der Waals surface area contributed by atoms with Gasteiger partial charge in [-0.3, -0.25) is 4.98 Å². The van der Waals surface area contributed by atoms with Crippen LogP contribution in [0.1, 0.15) is 19.5 Å². The number of pyridine rings is 1. The zero-order valence-corrected chi connectivity index (χ0v) is 7.60. The lowest BCUT2D eigenvalue weighted by Crippen LogP contribution is -2.12. The van der Waals surface area contributed by atoms with Crippen LogP contribution in [0.5, 0.6) is 0 Å². The molecule has 1 nitrogen and oxygen atoms in total. The lowest BCUT2D eigenvalue weighted by atomic mass is 10.3. The molecule has 1 rings (SSSR count). The zero-order chi connectivity index (χ0) is 10.3. The summed E-state index contributed by atoms with van der Waals surface area (Å²) >= 11 is 0. The third-order valence-corrected chi connectivity index (χ3v) is 1.11. The van der Waals surface area contributed by atoms with E-state index in [9.17, 15) is 13.2 Å². The van der Waals surface area contributed by atoms with Crippen LogP contribution in [0.4, 0.5) is 13.2 Å². The third-order valence-electron chi connectivity index (χ3n) is 1.11. The highest BCUT2D eigenvalue weighted by molar-refractivity contribution is 5.04. The summed E-state index contributed by atoms with van der Waals surface area (Å²) < 4.78 is 35.1. The SMILES string of the molecule is CC.FC(F)(F)Cc1ccccn1. The Hall–Kier alpha value is -1.06. The van der Waals surface area contributed by atoms with Gasteiger partial charge in [-0.25, -0.2) is 0 Å². The van der Waals surface area contributed by atoms with Crippen molar-refractivity contribution in [1.82, 2.24) is 4.98 Å². The van der Waals surface area contributed by atoms with E-state index >= 15 is 0 Å². The molecular weight excluding hydrogens is 179 g/mol. The van der Waals surface area contributed by atoms with Crippen LogP contribution in [0, 0.1) is 0 Å². The third kappa shape index (κ3) is 6.13. The molecule has 1 aromatic heterocycles. The van der Waals surface area contributed by atoms with Crippen molar-refractivity contribution in [2.24, 2.45) is 0 Å². The lowest BCUT2D eigenvalue weighted by Gasteiger charge is -2.03. The van der Waals surface area contributed by atoms with Gasteiger partial charge in [-0.05, 0) is 12.1 Å². The molecule has 0 amide bonds. The Balaban J connectivity index is 0.000000671. The number of aromatic nitrogens is 1. The maximum absolute atomic E-state index is 11.7. The van der Waals surface area contributed by atoms with E-state index in [1.54, 1.807) is 6.07 Å². The molecular formula is C9H12F3N. The Kier molecular flexibility index (Phi) is 5.11. The Labute approximate surface area is 75.6 Å². The van der Waals surface area contributed by atoms with Crippen molar-refractivity contribution in [1.29, 1.82) is 0 Å². The molecule has 0 N–H and O–H groups in total. The van der Waals surface area contributed by atoms with E-state index in [-0.39, 0.29) is 5.69 Å². The summed E-state index contributed by atoms with van der Waals surface area (Å²) in [6.07, 6.45) is -3.76. The summed E-state index contributed by atoms with van der Waals surface area (Å²) in [4.78, 5) is 3.54. The van der Waals surface area contributed by atoms with Crippen LogP contribution in [0.25, 0.3) is 0 Å². The van der Waals surface area contributed by atoms with Gasteiger partial charge < -0.3 is 0 Å². The topological polar surface area (TPSA) is 12.9 Å². The smallest absolute Gasteiger partial charge is 0.261 e. The van der Waals surface area contributed by atoms with Gasteiger partial charge in [-0.1, -0.05) is 19.9 Å². The summed E-state index contributed by atoms with van der Waals surface area (Å²) in [5.74, 6) is 0. The van der Waals surface area contributed by atoms with E-state index < -0.39 is 12.6 Å². The molecule has 1 aromatic rings. The van der Waals surface area contributed by atoms with Crippen LogP contribution in [-0.4, -0.2) is 11.2 Å². The summed E-state index contributed by atoms with van der Waals surface area (Å²) in [6, 6.07) is 4.47. The molecule has 13 heavy (non-hydrogen) atoms. The molecule has 0 atom stereocenters. The second kappa shape index (κ2) is 5.56. The van der Waals surface area contributed by atoms with Gasteiger partial charge in [0, 0.05) is 11.9 Å². The number of rotatable bonds is 1. The fraction of sp³-hybridized carbons (Fsp3) is 0.444. The number of nitrogens with zero attached hydrogens (tertiary/aromatic N) is 1. The molecule has 0 spiro atoms. The first-order chi connectivity index (χ1) is 6.08. The average molecular weight is 191 g/mol. The molecule has 0 fully saturated rings. The van der Waals surface area contributed by atoms with Crippen LogP contribution < -0.4 is 0 Å². The maximum Gasteiger partial charge on any atom is 0.394 e. The molecule has 0 aliphatic carbocycles. The first kappa shape index (κ1) is 11.9. The molecule has 0 unspecified atom stereocenters. The minimum absolute atomic E-state index is 0.0556. The van der Waals surface area contributed by atoms with Crippen molar-refractivity contribution in [3.8, 4) is 0 Å². The van der Waals surface area contributed by atoms with E-state index in [1.165, 1.54) is 18.3 Å². The van der Waals surface area contributed by atoms with Crippen LogP contribution in [-0.2, 0) is 6.42 Å². The first-order valence-electron chi connectivity index (χ1n) is 4.04. The summed E-state index contributed by atoms with van der Waals surface area (Å²) in [5.41, 5.74) is 0.0556. The molecule has 0 aliphatic heterocycles. The van der Waals surface area contributed by atoms with Crippen LogP contribution in [0.2, 0.25) is 0 Å². The van der Waals surface area contributed by atoms with Crippen LogP contribution >= 0.6 is 0 Å². The second-order valence-electron chi connectivity index (χ2n) is 2.11. The van der Waals surface area contributed by atoms with Crippen molar-refractivity contribution in [3.05, 3.63) is 30.1 Å². The van der Waals surface area contributed by atoms with Crippen molar-refractivity contribution in [2.75, 3.05) is 0 Å². The summed E-state index contributed by atoms with van der Waals surface area (Å²) in [6.45, 7) is 4.00. The van der Waals surface area contributed by atoms with Crippen molar-refractivity contribution >= 4 is 0 Å². The number of hydrogen-bond donors (Lipinski definition) is 0. The van der Waals surface area contributed by atoms with Gasteiger partial charge in [0.2, 0.25) is 0 Å². The van der Waals surface area contributed by atoms with Crippen molar-refractivity contribution in [3.63, 3.8) is 0 Å². The van der Waals surface area contributed by atoms with E-state index in [1.807, 2.05) is 13.8 Å². The van der Waals surface area contributed by atoms with E-state index in [0.29, 0.717) is 0 Å². The minimum atomic E-state index is -4.16. The zero-order valence-electron chi connectivity index (χ0n) is 7.60. The van der Waals surface area contributed by atoms with E-state index in [0.717, 1.165) is 0 Å². The largest absolute Gasteiger partial charge is 0.394 e. The van der Waals surface area contributed by atoms with Gasteiger partial charge in [0.1, 0.15) is 0 Å². The highest BCUT2D eigenvalue weighted by Gasteiger charge is 2.27. The number of halogens is 3. The molecule has 0 radical (unpaired) electrons. The molecule has 1 heterocycles. The Morgan fingerprint density at radius 3 is 2.23 bits per heavy atom. The minimum Gasteiger partial charge on any atom is -0.261 e. The van der Waals surface area contributed by atoms with Crippen LogP contribution in [0.3, 0.4) is 0 Å². The van der Waals surface area contributed by atoms with Gasteiger partial charge >= 0.3 is 6.18 Å². The lowest BCUT2D eigenvalue weighted by molar-refractivity contribution is -0.127. The number of alkyl halides is 3. The fourth-order valence-electron chi connectivity index (χ4n) is 0.708. The molecule has 4 heteroatoms. The second-order valence-corrected chi connectivity index (χ2v) is 2.11. The molecule has 0 aromatic carbocycles. The van der Waals surface area contributed by atoms with Gasteiger partial charge in [-0.15, -0.1) is 0 Å². The van der Waals surface area contributed by atoms with Gasteiger partial charge in [-0.2, -0.15) is 13.2 Å². The summed E-state index contributed by atoms with van der Waals surface area (Å²) in [5, 5.41) is 0. The normalized spacial score (nSPS) is 10.2. The Morgan fingerprint density at radius 2 is 1.85 bits per heavy atom. The standard InChI is InChI=1S/C7H6F3N.C2H6/c8-7(9,10)5-6-3-1-2-4-11-6;1-2/h1-4H,5H2;1-2H3.